The summed E-state index contributed by atoms with van der Waals surface area (Å²) >= 11 is 0. The van der Waals surface area contributed by atoms with Crippen LogP contribution in [0, 0.1) is 6.92 Å². The average molecular weight is 230 g/mol. The molecule has 0 unspecified atom stereocenters. The number of aliphatic hydroxyl groups excluding tert-OH is 1. The maximum atomic E-state index is 10.1. The molecule has 2 aromatic rings. The average Bonchev–Trinajstić information content (AvgIpc) is 2.76. The lowest BCUT2D eigenvalue weighted by atomic mass is 10.0. The van der Waals surface area contributed by atoms with Gasteiger partial charge in [0, 0.05) is 0 Å². The van der Waals surface area contributed by atoms with Crippen LogP contribution < -0.4 is 0 Å². The molecule has 90 valence electrons. The van der Waals surface area contributed by atoms with Crippen LogP contribution in [0.5, 0.6) is 0 Å². The Morgan fingerprint density at radius 2 is 1.82 bits per heavy atom. The van der Waals surface area contributed by atoms with Crippen molar-refractivity contribution in [2.24, 2.45) is 0 Å². The third kappa shape index (κ3) is 2.77. The predicted octanol–water partition coefficient (Wildman–Crippen LogP) is 3.62. The van der Waals surface area contributed by atoms with Gasteiger partial charge in [-0.2, -0.15) is 0 Å². The van der Waals surface area contributed by atoms with Gasteiger partial charge in [0.05, 0.1) is 0 Å². The molecule has 1 aromatic heterocycles. The van der Waals surface area contributed by atoms with Gasteiger partial charge in [-0.25, -0.2) is 0 Å². The van der Waals surface area contributed by atoms with Crippen LogP contribution in [0.15, 0.2) is 40.8 Å². The Labute approximate surface area is 102 Å². The molecule has 2 rings (SSSR count). The zero-order chi connectivity index (χ0) is 12.3. The molecular formula is C15H18O2. The molecule has 0 aliphatic rings. The Morgan fingerprint density at radius 3 is 2.35 bits per heavy atom. The standard InChI is InChI=1S/C15H18O2/c1-3-4-12-6-8-13(9-7-12)15(16)14-10-5-11(2)17-14/h5-10,15-16H,3-4H2,1-2H3/t15-/m1/s1. The zero-order valence-corrected chi connectivity index (χ0v) is 10.3. The minimum Gasteiger partial charge on any atom is -0.463 e. The SMILES string of the molecule is CCCc1ccc([C@@H](O)c2ccc(C)o2)cc1. The highest BCUT2D eigenvalue weighted by molar-refractivity contribution is 5.28. The van der Waals surface area contributed by atoms with E-state index in [0.29, 0.717) is 5.76 Å². The molecule has 0 spiro atoms. The number of hydrogen-bond donors (Lipinski definition) is 1. The highest BCUT2D eigenvalue weighted by atomic mass is 16.4. The van der Waals surface area contributed by atoms with Gasteiger partial charge in [-0.05, 0) is 36.6 Å². The molecule has 0 amide bonds. The third-order valence-electron chi connectivity index (χ3n) is 2.86. The molecule has 1 atom stereocenters. The maximum absolute atomic E-state index is 10.1. The van der Waals surface area contributed by atoms with Crippen molar-refractivity contribution in [2.75, 3.05) is 0 Å². The lowest BCUT2D eigenvalue weighted by molar-refractivity contribution is 0.187. The van der Waals surface area contributed by atoms with E-state index in [4.69, 9.17) is 4.42 Å². The normalized spacial score (nSPS) is 12.6. The van der Waals surface area contributed by atoms with Crippen molar-refractivity contribution in [3.05, 3.63) is 59.0 Å². The Hall–Kier alpha value is -1.54. The third-order valence-corrected chi connectivity index (χ3v) is 2.86. The summed E-state index contributed by atoms with van der Waals surface area (Å²) in [7, 11) is 0. The summed E-state index contributed by atoms with van der Waals surface area (Å²) in [6, 6.07) is 11.8. The largest absolute Gasteiger partial charge is 0.463 e. The minimum absolute atomic E-state index is 0.603. The Balaban J connectivity index is 2.16. The van der Waals surface area contributed by atoms with Crippen molar-refractivity contribution in [1.82, 2.24) is 0 Å². The molecule has 0 fully saturated rings. The smallest absolute Gasteiger partial charge is 0.137 e. The van der Waals surface area contributed by atoms with Crippen LogP contribution in [-0.4, -0.2) is 5.11 Å². The Bertz CT molecular complexity index is 468. The summed E-state index contributed by atoms with van der Waals surface area (Å²) in [5.74, 6) is 1.42. The van der Waals surface area contributed by atoms with Gasteiger partial charge in [0.1, 0.15) is 17.6 Å². The van der Waals surface area contributed by atoms with Crippen LogP contribution >= 0.6 is 0 Å². The second-order valence-electron chi connectivity index (χ2n) is 4.34. The fourth-order valence-electron chi connectivity index (χ4n) is 1.92. The quantitative estimate of drug-likeness (QED) is 0.870. The molecule has 1 aromatic carbocycles. The van der Waals surface area contributed by atoms with E-state index in [-0.39, 0.29) is 0 Å². The van der Waals surface area contributed by atoms with Crippen LogP contribution in [0.1, 0.15) is 42.1 Å². The van der Waals surface area contributed by atoms with Gasteiger partial charge < -0.3 is 9.52 Å². The number of furan rings is 1. The van der Waals surface area contributed by atoms with Crippen LogP contribution in [-0.2, 0) is 6.42 Å². The lowest BCUT2D eigenvalue weighted by Gasteiger charge is -2.09. The number of aryl methyl sites for hydroxylation is 2. The molecule has 0 aliphatic heterocycles. The first-order chi connectivity index (χ1) is 8.20. The summed E-state index contributed by atoms with van der Waals surface area (Å²) in [5.41, 5.74) is 2.18. The first kappa shape index (κ1) is 11.9. The van der Waals surface area contributed by atoms with Gasteiger partial charge in [-0.3, -0.25) is 0 Å². The van der Waals surface area contributed by atoms with Crippen LogP contribution in [0.25, 0.3) is 0 Å². The molecule has 0 saturated heterocycles. The molecule has 1 N–H and O–H groups in total. The van der Waals surface area contributed by atoms with E-state index in [9.17, 15) is 5.11 Å². The van der Waals surface area contributed by atoms with Crippen molar-refractivity contribution in [2.45, 2.75) is 32.8 Å². The van der Waals surface area contributed by atoms with Crippen molar-refractivity contribution in [3.8, 4) is 0 Å². The summed E-state index contributed by atoms with van der Waals surface area (Å²) in [6.07, 6.45) is 1.55. The minimum atomic E-state index is -0.667. The number of rotatable bonds is 4. The van der Waals surface area contributed by atoms with E-state index in [1.54, 1.807) is 0 Å². The maximum Gasteiger partial charge on any atom is 0.137 e. The van der Waals surface area contributed by atoms with Gasteiger partial charge in [0.15, 0.2) is 0 Å². The Morgan fingerprint density at radius 1 is 1.12 bits per heavy atom. The van der Waals surface area contributed by atoms with E-state index in [1.165, 1.54) is 5.56 Å². The van der Waals surface area contributed by atoms with Gasteiger partial charge in [-0.1, -0.05) is 37.6 Å². The zero-order valence-electron chi connectivity index (χ0n) is 10.3. The van der Waals surface area contributed by atoms with Crippen molar-refractivity contribution in [1.29, 1.82) is 0 Å². The molecular weight excluding hydrogens is 212 g/mol. The van der Waals surface area contributed by atoms with Gasteiger partial charge in [0.2, 0.25) is 0 Å². The highest BCUT2D eigenvalue weighted by Gasteiger charge is 2.13. The molecule has 2 nitrogen and oxygen atoms in total. The van der Waals surface area contributed by atoms with E-state index < -0.39 is 6.10 Å². The molecule has 17 heavy (non-hydrogen) atoms. The first-order valence-corrected chi connectivity index (χ1v) is 6.04. The van der Waals surface area contributed by atoms with Gasteiger partial charge in [0.25, 0.3) is 0 Å². The molecule has 0 bridgehead atoms. The van der Waals surface area contributed by atoms with E-state index in [1.807, 2.05) is 31.2 Å². The van der Waals surface area contributed by atoms with Crippen LogP contribution in [0.2, 0.25) is 0 Å². The van der Waals surface area contributed by atoms with Crippen molar-refractivity contribution >= 4 is 0 Å². The summed E-state index contributed by atoms with van der Waals surface area (Å²) < 4.78 is 5.43. The topological polar surface area (TPSA) is 33.4 Å². The molecule has 2 heteroatoms. The fraction of sp³-hybridized carbons (Fsp3) is 0.333. The van der Waals surface area contributed by atoms with Crippen LogP contribution in [0.4, 0.5) is 0 Å². The number of benzene rings is 1. The molecule has 0 saturated carbocycles. The monoisotopic (exact) mass is 230 g/mol. The number of hydrogen-bond acceptors (Lipinski definition) is 2. The molecule has 1 heterocycles. The highest BCUT2D eigenvalue weighted by Crippen LogP contribution is 2.24. The fourth-order valence-corrected chi connectivity index (χ4v) is 1.92. The second kappa shape index (κ2) is 5.19. The summed E-state index contributed by atoms with van der Waals surface area (Å²) in [5, 5.41) is 10.1. The van der Waals surface area contributed by atoms with Crippen molar-refractivity contribution < 1.29 is 9.52 Å². The predicted molar refractivity (Wildman–Crippen MR) is 67.9 cm³/mol. The van der Waals surface area contributed by atoms with E-state index in [0.717, 1.165) is 24.2 Å². The van der Waals surface area contributed by atoms with E-state index >= 15 is 0 Å². The summed E-state index contributed by atoms with van der Waals surface area (Å²) in [4.78, 5) is 0. The second-order valence-corrected chi connectivity index (χ2v) is 4.34. The molecule has 0 aliphatic carbocycles. The van der Waals surface area contributed by atoms with Gasteiger partial charge in [-0.15, -0.1) is 0 Å². The first-order valence-electron chi connectivity index (χ1n) is 6.04. The van der Waals surface area contributed by atoms with Crippen molar-refractivity contribution in [3.63, 3.8) is 0 Å². The Kier molecular flexibility index (Phi) is 3.64. The summed E-state index contributed by atoms with van der Waals surface area (Å²) in [6.45, 7) is 4.04. The molecule has 0 radical (unpaired) electrons. The van der Waals surface area contributed by atoms with Crippen LogP contribution in [0.3, 0.4) is 0 Å². The van der Waals surface area contributed by atoms with E-state index in [2.05, 4.69) is 19.1 Å². The van der Waals surface area contributed by atoms with Gasteiger partial charge >= 0.3 is 0 Å². The lowest BCUT2D eigenvalue weighted by Crippen LogP contribution is -1.98. The number of aliphatic hydroxyl groups is 1.